The van der Waals surface area contributed by atoms with Crippen molar-refractivity contribution in [3.63, 3.8) is 0 Å². The fourth-order valence-electron chi connectivity index (χ4n) is 4.26. The summed E-state index contributed by atoms with van der Waals surface area (Å²) in [6.07, 6.45) is 2.30. The predicted molar refractivity (Wildman–Crippen MR) is 135 cm³/mol. The van der Waals surface area contributed by atoms with E-state index >= 15 is 0 Å². The van der Waals surface area contributed by atoms with Gasteiger partial charge in [0.05, 0.1) is 6.10 Å². The maximum Gasteiger partial charge on any atom is 0.191 e. The van der Waals surface area contributed by atoms with E-state index in [0.717, 1.165) is 50.1 Å². The second-order valence-corrected chi connectivity index (χ2v) is 8.20. The lowest BCUT2D eigenvalue weighted by Gasteiger charge is -2.23. The molecule has 0 bridgehead atoms. The number of anilines is 1. The third-order valence-corrected chi connectivity index (χ3v) is 6.04. The van der Waals surface area contributed by atoms with Crippen molar-refractivity contribution < 1.29 is 4.74 Å². The van der Waals surface area contributed by atoms with Gasteiger partial charge in [0, 0.05) is 56.0 Å². The van der Waals surface area contributed by atoms with Crippen molar-refractivity contribution in [3.05, 3.63) is 65.2 Å². The van der Waals surface area contributed by atoms with E-state index in [2.05, 4.69) is 50.9 Å². The highest BCUT2D eigenvalue weighted by Gasteiger charge is 2.30. The van der Waals surface area contributed by atoms with Crippen molar-refractivity contribution in [1.82, 2.24) is 10.6 Å². The van der Waals surface area contributed by atoms with Gasteiger partial charge in [-0.1, -0.05) is 48.0 Å². The lowest BCUT2D eigenvalue weighted by molar-refractivity contribution is 0.0915. The Morgan fingerprint density at radius 3 is 2.77 bits per heavy atom. The van der Waals surface area contributed by atoms with Crippen LogP contribution in [-0.4, -0.2) is 45.3 Å². The van der Waals surface area contributed by atoms with Crippen molar-refractivity contribution in [2.75, 3.05) is 38.2 Å². The van der Waals surface area contributed by atoms with E-state index < -0.39 is 0 Å². The van der Waals surface area contributed by atoms with Crippen LogP contribution in [0, 0.1) is 5.92 Å². The van der Waals surface area contributed by atoms with Gasteiger partial charge in [0.2, 0.25) is 0 Å². The molecule has 2 aromatic rings. The Labute approximate surface area is 201 Å². The molecule has 2 aliphatic heterocycles. The van der Waals surface area contributed by atoms with Gasteiger partial charge in [-0.05, 0) is 36.6 Å². The number of nitrogens with one attached hydrogen (secondary N) is 2. The summed E-state index contributed by atoms with van der Waals surface area (Å²) in [4.78, 5) is 6.80. The number of nitrogens with zero attached hydrogens (tertiary/aromatic N) is 2. The monoisotopic (exact) mass is 540 g/mol. The Morgan fingerprint density at radius 1 is 1.17 bits per heavy atom. The maximum absolute atomic E-state index is 6.14. The second-order valence-electron chi connectivity index (χ2n) is 7.76. The Bertz CT molecular complexity index is 835. The van der Waals surface area contributed by atoms with Crippen LogP contribution >= 0.6 is 35.6 Å². The molecule has 2 N–H and O–H groups in total. The molecule has 2 heterocycles. The molecule has 3 atom stereocenters. The minimum absolute atomic E-state index is 0. The summed E-state index contributed by atoms with van der Waals surface area (Å²) in [6, 6.07) is 18.9. The first-order chi connectivity index (χ1) is 14.2. The van der Waals surface area contributed by atoms with Crippen LogP contribution in [0.1, 0.15) is 24.5 Å². The first-order valence-corrected chi connectivity index (χ1v) is 10.7. The molecule has 2 fully saturated rings. The molecule has 0 aliphatic carbocycles. The van der Waals surface area contributed by atoms with Crippen LogP contribution in [0.2, 0.25) is 5.02 Å². The highest BCUT2D eigenvalue weighted by molar-refractivity contribution is 14.0. The summed E-state index contributed by atoms with van der Waals surface area (Å²) in [5, 5.41) is 7.88. The summed E-state index contributed by atoms with van der Waals surface area (Å²) >= 11 is 6.14. The van der Waals surface area contributed by atoms with E-state index in [1.54, 1.807) is 0 Å². The molecule has 0 radical (unpaired) electrons. The van der Waals surface area contributed by atoms with Crippen LogP contribution in [0.4, 0.5) is 5.69 Å². The minimum atomic E-state index is 0. The third kappa shape index (κ3) is 5.80. The highest BCUT2D eigenvalue weighted by atomic mass is 127. The molecule has 162 valence electrons. The quantitative estimate of drug-likeness (QED) is 0.334. The molecule has 0 aromatic heterocycles. The summed E-state index contributed by atoms with van der Waals surface area (Å²) in [6.45, 7) is 3.63. The van der Waals surface area contributed by atoms with Crippen LogP contribution in [0.3, 0.4) is 0 Å². The number of guanidine groups is 1. The molecule has 2 saturated heterocycles. The van der Waals surface area contributed by atoms with E-state index in [-0.39, 0.29) is 30.1 Å². The Morgan fingerprint density at radius 2 is 2.00 bits per heavy atom. The Balaban J connectivity index is 0.00000256. The third-order valence-electron chi connectivity index (χ3n) is 5.80. The highest BCUT2D eigenvalue weighted by Crippen LogP contribution is 2.33. The topological polar surface area (TPSA) is 48.9 Å². The molecule has 0 spiro atoms. The number of ether oxygens (including phenoxy) is 1. The largest absolute Gasteiger partial charge is 0.373 e. The van der Waals surface area contributed by atoms with Gasteiger partial charge in [0.15, 0.2) is 5.96 Å². The summed E-state index contributed by atoms with van der Waals surface area (Å²) in [5.41, 5.74) is 2.44. The predicted octanol–water partition coefficient (Wildman–Crippen LogP) is 4.48. The normalized spacial score (nSPS) is 23.9. The van der Waals surface area contributed by atoms with Crippen molar-refractivity contribution >= 4 is 47.2 Å². The van der Waals surface area contributed by atoms with E-state index in [4.69, 9.17) is 16.3 Å². The summed E-state index contributed by atoms with van der Waals surface area (Å²) in [5.74, 6) is 1.31. The average molecular weight is 541 g/mol. The minimum Gasteiger partial charge on any atom is -0.373 e. The van der Waals surface area contributed by atoms with Crippen molar-refractivity contribution in [3.8, 4) is 0 Å². The van der Waals surface area contributed by atoms with Crippen LogP contribution in [0.15, 0.2) is 59.6 Å². The van der Waals surface area contributed by atoms with Crippen molar-refractivity contribution in [2.24, 2.45) is 10.9 Å². The molecular weight excluding hydrogens is 511 g/mol. The number of rotatable bonds is 5. The smallest absolute Gasteiger partial charge is 0.191 e. The maximum atomic E-state index is 6.14. The van der Waals surface area contributed by atoms with Gasteiger partial charge in [0.1, 0.15) is 0 Å². The molecule has 2 aliphatic rings. The van der Waals surface area contributed by atoms with Crippen molar-refractivity contribution in [2.45, 2.75) is 25.0 Å². The molecule has 0 saturated carbocycles. The van der Waals surface area contributed by atoms with E-state index in [1.165, 1.54) is 11.3 Å². The molecule has 4 rings (SSSR count). The molecule has 7 heteroatoms. The van der Waals surface area contributed by atoms with Crippen LogP contribution in [0.25, 0.3) is 0 Å². The van der Waals surface area contributed by atoms with Crippen molar-refractivity contribution in [1.29, 1.82) is 0 Å². The van der Waals surface area contributed by atoms with Gasteiger partial charge < -0.3 is 20.3 Å². The zero-order valence-electron chi connectivity index (χ0n) is 17.3. The Hall–Kier alpha value is -1.51. The molecule has 2 aromatic carbocycles. The van der Waals surface area contributed by atoms with Gasteiger partial charge in [0.25, 0.3) is 0 Å². The molecular formula is C23H30ClIN4O. The van der Waals surface area contributed by atoms with Gasteiger partial charge in [-0.25, -0.2) is 0 Å². The van der Waals surface area contributed by atoms with Crippen LogP contribution < -0.4 is 15.5 Å². The van der Waals surface area contributed by atoms with Gasteiger partial charge in [-0.3, -0.25) is 4.99 Å². The number of aliphatic imine (C=N–C) groups is 1. The molecule has 30 heavy (non-hydrogen) atoms. The SMILES string of the molecule is CN=C(NCC1CCOC1c1ccccc1)NC1CCN(c2cccc(Cl)c2)C1.I. The molecule has 3 unspecified atom stereocenters. The molecule has 5 nitrogen and oxygen atoms in total. The number of benzene rings is 2. The van der Waals surface area contributed by atoms with E-state index in [9.17, 15) is 0 Å². The fourth-order valence-corrected chi connectivity index (χ4v) is 4.44. The van der Waals surface area contributed by atoms with Gasteiger partial charge >= 0.3 is 0 Å². The van der Waals surface area contributed by atoms with Crippen LogP contribution in [-0.2, 0) is 4.74 Å². The summed E-state index contributed by atoms with van der Waals surface area (Å²) < 4.78 is 6.01. The van der Waals surface area contributed by atoms with Gasteiger partial charge in [-0.15, -0.1) is 24.0 Å². The second kappa shape index (κ2) is 11.2. The Kier molecular flexibility index (Phi) is 8.65. The number of hydrogen-bond acceptors (Lipinski definition) is 3. The molecule has 0 amide bonds. The zero-order valence-corrected chi connectivity index (χ0v) is 20.3. The summed E-state index contributed by atoms with van der Waals surface area (Å²) in [7, 11) is 1.83. The van der Waals surface area contributed by atoms with E-state index in [1.807, 2.05) is 31.3 Å². The van der Waals surface area contributed by atoms with E-state index in [0.29, 0.717) is 12.0 Å². The first kappa shape index (κ1) is 23.2. The lowest BCUT2D eigenvalue weighted by Crippen LogP contribution is -2.46. The van der Waals surface area contributed by atoms with Gasteiger partial charge in [-0.2, -0.15) is 0 Å². The first-order valence-electron chi connectivity index (χ1n) is 10.4. The fraction of sp³-hybridized carbons (Fsp3) is 0.435. The number of hydrogen-bond donors (Lipinski definition) is 2. The zero-order chi connectivity index (χ0) is 20.1. The lowest BCUT2D eigenvalue weighted by atomic mass is 9.95. The standard InChI is InChI=1S/C23H29ClN4O.HI/c1-25-23(26-15-18-11-13-29-22(18)17-6-3-2-4-7-17)27-20-10-12-28(16-20)21-9-5-8-19(24)14-21;/h2-9,14,18,20,22H,10-13,15-16H2,1H3,(H2,25,26,27);1H. The number of halogens is 2. The van der Waals surface area contributed by atoms with Crippen LogP contribution in [0.5, 0.6) is 0 Å². The average Bonchev–Trinajstić information content (AvgIpc) is 3.41.